The zero-order valence-electron chi connectivity index (χ0n) is 17.3. The Morgan fingerprint density at radius 3 is 2.54 bits per heavy atom. The highest BCUT2D eigenvalue weighted by atomic mass is 16.5. The van der Waals surface area contributed by atoms with Crippen molar-refractivity contribution in [1.29, 1.82) is 0 Å². The lowest BCUT2D eigenvalue weighted by molar-refractivity contribution is -0.122. The van der Waals surface area contributed by atoms with Crippen LogP contribution in [0, 0.1) is 5.92 Å². The van der Waals surface area contributed by atoms with Crippen molar-refractivity contribution in [2.45, 2.75) is 19.3 Å². The summed E-state index contributed by atoms with van der Waals surface area (Å²) in [6.07, 6.45) is 3.36. The highest BCUT2D eigenvalue weighted by Crippen LogP contribution is 2.18. The quantitative estimate of drug-likeness (QED) is 0.652. The number of carbonyl (C=O) groups is 1. The van der Waals surface area contributed by atoms with E-state index in [1.807, 2.05) is 6.07 Å². The number of piperidine rings is 1. The van der Waals surface area contributed by atoms with Gasteiger partial charge >= 0.3 is 0 Å². The molecular formula is C22H36N4O2. The van der Waals surface area contributed by atoms with Crippen LogP contribution in [0.15, 0.2) is 30.3 Å². The van der Waals surface area contributed by atoms with E-state index in [9.17, 15) is 4.79 Å². The lowest BCUT2D eigenvalue weighted by Gasteiger charge is -2.35. The third kappa shape index (κ3) is 7.08. The van der Waals surface area contributed by atoms with E-state index in [-0.39, 0.29) is 5.91 Å². The van der Waals surface area contributed by atoms with Crippen molar-refractivity contribution < 1.29 is 9.53 Å². The van der Waals surface area contributed by atoms with E-state index in [0.29, 0.717) is 6.54 Å². The summed E-state index contributed by atoms with van der Waals surface area (Å²) in [7, 11) is 2.10. The van der Waals surface area contributed by atoms with Gasteiger partial charge in [-0.05, 0) is 50.4 Å². The Balaban J connectivity index is 1.24. The van der Waals surface area contributed by atoms with E-state index < -0.39 is 0 Å². The van der Waals surface area contributed by atoms with Crippen molar-refractivity contribution in [3.8, 4) is 0 Å². The van der Waals surface area contributed by atoms with Gasteiger partial charge in [0.15, 0.2) is 0 Å². The van der Waals surface area contributed by atoms with E-state index in [2.05, 4.69) is 51.3 Å². The number of likely N-dealkylation sites (tertiary alicyclic amines) is 1. The van der Waals surface area contributed by atoms with Crippen LogP contribution in [0.25, 0.3) is 0 Å². The number of para-hydroxylation sites is 1. The molecule has 0 spiro atoms. The summed E-state index contributed by atoms with van der Waals surface area (Å²) in [6.45, 7) is 9.39. The summed E-state index contributed by atoms with van der Waals surface area (Å²) in [4.78, 5) is 19.3. The summed E-state index contributed by atoms with van der Waals surface area (Å²) in [6, 6.07) is 10.4. The number of ether oxygens (including phenoxy) is 1. The fraction of sp³-hybridized carbons (Fsp3) is 0.682. The van der Waals surface area contributed by atoms with Crippen LogP contribution in [0.4, 0.5) is 5.69 Å². The highest BCUT2D eigenvalue weighted by Gasteiger charge is 2.23. The summed E-state index contributed by atoms with van der Waals surface area (Å²) in [5.41, 5.74) is 1.22. The van der Waals surface area contributed by atoms with Gasteiger partial charge in [-0.2, -0.15) is 0 Å². The Labute approximate surface area is 169 Å². The predicted octanol–water partition coefficient (Wildman–Crippen LogP) is 1.67. The zero-order chi connectivity index (χ0) is 19.6. The van der Waals surface area contributed by atoms with Crippen LogP contribution in [0.2, 0.25) is 0 Å². The minimum Gasteiger partial charge on any atom is -0.379 e. The third-order valence-corrected chi connectivity index (χ3v) is 5.88. The molecule has 156 valence electrons. The fourth-order valence-corrected chi connectivity index (χ4v) is 4.09. The molecular weight excluding hydrogens is 352 g/mol. The van der Waals surface area contributed by atoms with Crippen LogP contribution >= 0.6 is 0 Å². The minimum absolute atomic E-state index is 0.161. The van der Waals surface area contributed by atoms with Gasteiger partial charge in [0.05, 0.1) is 19.8 Å². The normalized spacial score (nSPS) is 19.5. The molecule has 2 heterocycles. The number of hydrogen-bond acceptors (Lipinski definition) is 5. The van der Waals surface area contributed by atoms with Gasteiger partial charge in [0, 0.05) is 45.5 Å². The number of nitrogens with one attached hydrogen (secondary N) is 1. The molecule has 0 saturated carbocycles. The maximum absolute atomic E-state index is 12.2. The number of amides is 1. The summed E-state index contributed by atoms with van der Waals surface area (Å²) in [5.74, 6) is 0.930. The second-order valence-electron chi connectivity index (χ2n) is 8.09. The summed E-state index contributed by atoms with van der Waals surface area (Å²) >= 11 is 0. The second kappa shape index (κ2) is 11.4. The molecule has 6 heteroatoms. The number of rotatable bonds is 9. The van der Waals surface area contributed by atoms with Crippen LogP contribution < -0.4 is 10.2 Å². The molecule has 1 aromatic carbocycles. The molecule has 2 aliphatic heterocycles. The van der Waals surface area contributed by atoms with Gasteiger partial charge in [-0.3, -0.25) is 14.6 Å². The molecule has 2 saturated heterocycles. The second-order valence-corrected chi connectivity index (χ2v) is 8.09. The van der Waals surface area contributed by atoms with Crippen LogP contribution in [0.1, 0.15) is 19.3 Å². The molecule has 0 radical (unpaired) electrons. The topological polar surface area (TPSA) is 48.1 Å². The number of hydrogen-bond donors (Lipinski definition) is 1. The molecule has 0 bridgehead atoms. The van der Waals surface area contributed by atoms with Crippen molar-refractivity contribution in [1.82, 2.24) is 15.1 Å². The van der Waals surface area contributed by atoms with Gasteiger partial charge < -0.3 is 15.0 Å². The highest BCUT2D eigenvalue weighted by molar-refractivity contribution is 5.77. The molecule has 0 aliphatic carbocycles. The van der Waals surface area contributed by atoms with Crippen molar-refractivity contribution in [2.24, 2.45) is 5.92 Å². The van der Waals surface area contributed by atoms with Crippen LogP contribution in [0.5, 0.6) is 0 Å². The molecule has 0 aromatic heterocycles. The van der Waals surface area contributed by atoms with Crippen molar-refractivity contribution in [2.75, 3.05) is 77.5 Å². The van der Waals surface area contributed by atoms with Crippen molar-refractivity contribution in [3.05, 3.63) is 30.3 Å². The lowest BCUT2D eigenvalue weighted by atomic mass is 9.96. The Hall–Kier alpha value is -1.63. The predicted molar refractivity (Wildman–Crippen MR) is 114 cm³/mol. The maximum atomic E-state index is 12.2. The Kier molecular flexibility index (Phi) is 8.58. The van der Waals surface area contributed by atoms with Gasteiger partial charge in [-0.15, -0.1) is 0 Å². The first-order valence-corrected chi connectivity index (χ1v) is 10.8. The first-order chi connectivity index (χ1) is 13.7. The average molecular weight is 389 g/mol. The molecule has 0 unspecified atom stereocenters. The van der Waals surface area contributed by atoms with Gasteiger partial charge in [0.25, 0.3) is 0 Å². The number of anilines is 1. The van der Waals surface area contributed by atoms with E-state index in [4.69, 9.17) is 4.74 Å². The number of nitrogens with zero attached hydrogens (tertiary/aromatic N) is 3. The molecule has 6 nitrogen and oxygen atoms in total. The summed E-state index contributed by atoms with van der Waals surface area (Å²) < 4.78 is 5.43. The number of morpholine rings is 1. The van der Waals surface area contributed by atoms with E-state index >= 15 is 0 Å². The molecule has 2 fully saturated rings. The largest absolute Gasteiger partial charge is 0.379 e. The van der Waals surface area contributed by atoms with Gasteiger partial charge in [0.1, 0.15) is 0 Å². The van der Waals surface area contributed by atoms with Gasteiger partial charge in [-0.25, -0.2) is 0 Å². The molecule has 28 heavy (non-hydrogen) atoms. The molecule has 1 amide bonds. The SMILES string of the molecule is CN(CCCNC(=O)CN1CCC(CN2CCOCC2)CC1)c1ccccc1. The maximum Gasteiger partial charge on any atom is 0.234 e. The molecule has 1 N–H and O–H groups in total. The smallest absolute Gasteiger partial charge is 0.234 e. The van der Waals surface area contributed by atoms with Crippen molar-refractivity contribution in [3.63, 3.8) is 0 Å². The molecule has 3 rings (SSSR count). The van der Waals surface area contributed by atoms with Gasteiger partial charge in [-0.1, -0.05) is 18.2 Å². The zero-order valence-corrected chi connectivity index (χ0v) is 17.3. The lowest BCUT2D eigenvalue weighted by Crippen LogP contribution is -2.45. The van der Waals surface area contributed by atoms with E-state index in [1.54, 1.807) is 0 Å². The Morgan fingerprint density at radius 1 is 1.11 bits per heavy atom. The van der Waals surface area contributed by atoms with Crippen LogP contribution in [0.3, 0.4) is 0 Å². The standard InChI is InChI=1S/C22H36N4O2/c1-24(21-6-3-2-4-7-21)11-5-10-23-22(27)19-25-12-8-20(9-13-25)18-26-14-16-28-17-15-26/h2-4,6-7,20H,5,8-19H2,1H3,(H,23,27). The summed E-state index contributed by atoms with van der Waals surface area (Å²) in [5, 5.41) is 3.08. The third-order valence-electron chi connectivity index (χ3n) is 5.88. The first-order valence-electron chi connectivity index (χ1n) is 10.8. The van der Waals surface area contributed by atoms with Gasteiger partial charge in [0.2, 0.25) is 5.91 Å². The average Bonchev–Trinajstić information content (AvgIpc) is 2.74. The van der Waals surface area contributed by atoms with Crippen LogP contribution in [-0.4, -0.2) is 88.3 Å². The number of carbonyl (C=O) groups excluding carboxylic acids is 1. The molecule has 1 aromatic rings. The van der Waals surface area contributed by atoms with Crippen LogP contribution in [-0.2, 0) is 9.53 Å². The Morgan fingerprint density at radius 2 is 1.82 bits per heavy atom. The molecule has 0 atom stereocenters. The monoisotopic (exact) mass is 388 g/mol. The van der Waals surface area contributed by atoms with E-state index in [0.717, 1.165) is 64.8 Å². The van der Waals surface area contributed by atoms with Crippen molar-refractivity contribution >= 4 is 11.6 Å². The number of benzene rings is 1. The minimum atomic E-state index is 0.161. The molecule has 2 aliphatic rings. The Bertz CT molecular complexity index is 569. The first kappa shape index (κ1) is 21.1. The fourth-order valence-electron chi connectivity index (χ4n) is 4.09. The van der Waals surface area contributed by atoms with E-state index in [1.165, 1.54) is 25.1 Å².